The third-order valence-corrected chi connectivity index (χ3v) is 16.1. The molecule has 7 aliphatic carbocycles. The average Bonchev–Trinajstić information content (AvgIpc) is 3.20. The topological polar surface area (TPSA) is 37.4 Å². The number of nitrogens with zero attached hydrogens (tertiary/aromatic N) is 5. The van der Waals surface area contributed by atoms with Crippen LogP contribution in [0, 0.1) is 46.8 Å². The Kier molecular flexibility index (Phi) is 10.6. The Hall–Kier alpha value is -2.93. The summed E-state index contributed by atoms with van der Waals surface area (Å²) in [6.45, 7) is 11.2. The molecule has 9 aliphatic rings. The summed E-state index contributed by atoms with van der Waals surface area (Å²) in [7, 11) is 8.92. The molecule has 6 nitrogen and oxygen atoms in total. The van der Waals surface area contributed by atoms with Gasteiger partial charge in [0.15, 0.2) is 0 Å². The van der Waals surface area contributed by atoms with Crippen molar-refractivity contribution in [2.45, 2.75) is 129 Å². The fraction of sp³-hybridized carbons (Fsp3) is 0.660. The number of hydrogen-bond donors (Lipinski definition) is 1. The molecule has 11 atom stereocenters. The first kappa shape index (κ1) is 38.6. The van der Waals surface area contributed by atoms with Crippen LogP contribution in [-0.4, -0.2) is 91.0 Å². The summed E-state index contributed by atoms with van der Waals surface area (Å²) in [5.41, 5.74) is 10.3. The van der Waals surface area contributed by atoms with Gasteiger partial charge in [0.1, 0.15) is 6.17 Å². The van der Waals surface area contributed by atoms with Crippen molar-refractivity contribution in [1.82, 2.24) is 24.9 Å². The highest BCUT2D eigenvalue weighted by Crippen LogP contribution is 2.66. The number of nitrogens with one attached hydrogen (secondary N) is 1. The lowest BCUT2D eigenvalue weighted by atomic mass is 9.46. The van der Waals surface area contributed by atoms with E-state index in [1.165, 1.54) is 50.6 Å². The van der Waals surface area contributed by atoms with Gasteiger partial charge in [-0.2, -0.15) is 0 Å². The quantitative estimate of drug-likeness (QED) is 0.238. The molecule has 9 rings (SSSR count). The SMILES string of the molecule is CC(C)C1CC(N(C2=CCC(N(C)C)C=C2)C2CC=CCN2)=C2CC3C4=C(C=C(N(C5C=CC(N(C)C)CC5)C5CCCC=N5)C5C=CC1C2C45)CCC3(C)C. The largest absolute Gasteiger partial charge is 0.346 e. The van der Waals surface area contributed by atoms with Gasteiger partial charge >= 0.3 is 0 Å². The maximum atomic E-state index is 5.33. The molecule has 56 heavy (non-hydrogen) atoms. The second kappa shape index (κ2) is 15.3. The lowest BCUT2D eigenvalue weighted by Crippen LogP contribution is -2.55. The van der Waals surface area contributed by atoms with Gasteiger partial charge in [0.05, 0.1) is 6.17 Å². The zero-order chi connectivity index (χ0) is 38.9. The molecule has 0 spiro atoms. The van der Waals surface area contributed by atoms with E-state index in [0.29, 0.717) is 59.6 Å². The molecular weight excluding hydrogens is 685 g/mol. The van der Waals surface area contributed by atoms with Gasteiger partial charge in [-0.25, -0.2) is 0 Å². The van der Waals surface area contributed by atoms with Crippen molar-refractivity contribution in [3.63, 3.8) is 0 Å². The van der Waals surface area contributed by atoms with Gasteiger partial charge in [0.2, 0.25) is 0 Å². The molecule has 1 fully saturated rings. The molecule has 11 unspecified atom stereocenters. The van der Waals surface area contributed by atoms with Crippen molar-refractivity contribution in [3.05, 3.63) is 94.6 Å². The van der Waals surface area contributed by atoms with E-state index in [4.69, 9.17) is 4.99 Å². The van der Waals surface area contributed by atoms with Gasteiger partial charge in [-0.1, -0.05) is 81.9 Å². The molecule has 302 valence electrons. The molecular formula is C50H72N6. The number of likely N-dealkylation sites (N-methyl/N-ethyl adjacent to an activating group) is 2. The van der Waals surface area contributed by atoms with E-state index in [2.05, 4.69) is 148 Å². The smallest absolute Gasteiger partial charge is 0.120 e. The Morgan fingerprint density at radius 3 is 2.32 bits per heavy atom. The van der Waals surface area contributed by atoms with Crippen molar-refractivity contribution in [2.24, 2.45) is 51.8 Å². The van der Waals surface area contributed by atoms with Crippen LogP contribution in [0.3, 0.4) is 0 Å². The van der Waals surface area contributed by atoms with Crippen LogP contribution in [0.5, 0.6) is 0 Å². The molecule has 2 heterocycles. The molecule has 6 heteroatoms. The summed E-state index contributed by atoms with van der Waals surface area (Å²) < 4.78 is 0. The fourth-order valence-electron chi connectivity index (χ4n) is 12.9. The van der Waals surface area contributed by atoms with E-state index in [1.54, 1.807) is 17.0 Å². The van der Waals surface area contributed by atoms with Crippen LogP contribution in [0.25, 0.3) is 0 Å². The minimum Gasteiger partial charge on any atom is -0.346 e. The number of aliphatic imine (C=N–C) groups is 1. The van der Waals surface area contributed by atoms with Gasteiger partial charge in [0, 0.05) is 53.9 Å². The van der Waals surface area contributed by atoms with Gasteiger partial charge in [0.25, 0.3) is 0 Å². The van der Waals surface area contributed by atoms with Crippen LogP contribution in [0.1, 0.15) is 98.3 Å². The lowest BCUT2D eigenvalue weighted by molar-refractivity contribution is 0.0640. The van der Waals surface area contributed by atoms with Gasteiger partial charge in [-0.05, 0) is 163 Å². The monoisotopic (exact) mass is 757 g/mol. The van der Waals surface area contributed by atoms with E-state index in [1.807, 2.05) is 11.1 Å². The first-order valence-electron chi connectivity index (χ1n) is 22.7. The van der Waals surface area contributed by atoms with Crippen molar-refractivity contribution in [3.8, 4) is 0 Å². The minimum atomic E-state index is 0.227. The Bertz CT molecular complexity index is 1800. The average molecular weight is 757 g/mol. The van der Waals surface area contributed by atoms with Crippen LogP contribution >= 0.6 is 0 Å². The van der Waals surface area contributed by atoms with E-state index in [-0.39, 0.29) is 17.7 Å². The summed E-state index contributed by atoms with van der Waals surface area (Å²) >= 11 is 0. The predicted molar refractivity (Wildman–Crippen MR) is 234 cm³/mol. The second-order valence-corrected chi connectivity index (χ2v) is 20.4. The van der Waals surface area contributed by atoms with Gasteiger partial charge in [-0.15, -0.1) is 0 Å². The molecule has 0 aromatic heterocycles. The third-order valence-electron chi connectivity index (χ3n) is 16.1. The lowest BCUT2D eigenvalue weighted by Gasteiger charge is -2.61. The van der Waals surface area contributed by atoms with Crippen molar-refractivity contribution < 1.29 is 0 Å². The van der Waals surface area contributed by atoms with E-state index in [0.717, 1.165) is 32.2 Å². The Balaban J connectivity index is 1.21. The number of allylic oxidation sites excluding steroid dienone is 8. The van der Waals surface area contributed by atoms with Crippen molar-refractivity contribution in [2.75, 3.05) is 34.7 Å². The van der Waals surface area contributed by atoms with Gasteiger partial charge < -0.3 is 19.6 Å². The minimum absolute atomic E-state index is 0.227. The zero-order valence-corrected chi connectivity index (χ0v) is 36.0. The molecule has 0 aromatic rings. The highest BCUT2D eigenvalue weighted by atomic mass is 15.3. The maximum Gasteiger partial charge on any atom is 0.120 e. The van der Waals surface area contributed by atoms with Crippen molar-refractivity contribution >= 4 is 6.21 Å². The highest BCUT2D eigenvalue weighted by Gasteiger charge is 2.58. The normalized spacial score (nSPS) is 38.3. The molecule has 2 aliphatic heterocycles. The highest BCUT2D eigenvalue weighted by molar-refractivity contribution is 5.58. The van der Waals surface area contributed by atoms with Crippen LogP contribution in [0.4, 0.5) is 0 Å². The molecule has 0 aromatic carbocycles. The van der Waals surface area contributed by atoms with Crippen LogP contribution in [0.2, 0.25) is 0 Å². The fourth-order valence-corrected chi connectivity index (χ4v) is 12.9. The second-order valence-electron chi connectivity index (χ2n) is 20.4. The molecule has 0 radical (unpaired) electrons. The number of hydrogen-bond acceptors (Lipinski definition) is 6. The Morgan fingerprint density at radius 1 is 0.857 bits per heavy atom. The summed E-state index contributed by atoms with van der Waals surface area (Å²) in [6.07, 6.45) is 41.3. The Morgan fingerprint density at radius 2 is 1.66 bits per heavy atom. The van der Waals surface area contributed by atoms with E-state index in [9.17, 15) is 0 Å². The standard InChI is InChI=1S/C50H72N6/c1-32(2)40-31-44(56(46-14-10-12-28-52-46)37-21-17-35(18-22-37)54(7)8)41-30-42-47-33(25-26-50(42,3)4)29-43(39-24-23-38(40)48(41)49(39)47)55(45-13-9-11-27-51-45)36-19-15-34(16-20-36)53(5)6/h10,12,15,17,19,21-24,27,29,32,34-36,38-40,42,45-46,48-49,52H,9,11,13-14,16,18,20,25-26,28,30-31H2,1-8H3. The molecule has 1 N–H and O–H groups in total. The molecule has 0 bridgehead atoms. The van der Waals surface area contributed by atoms with Crippen LogP contribution in [0.15, 0.2) is 99.6 Å². The third kappa shape index (κ3) is 6.72. The van der Waals surface area contributed by atoms with Crippen molar-refractivity contribution in [1.29, 1.82) is 0 Å². The first-order valence-corrected chi connectivity index (χ1v) is 22.7. The van der Waals surface area contributed by atoms with Crippen LogP contribution in [-0.2, 0) is 0 Å². The summed E-state index contributed by atoms with van der Waals surface area (Å²) in [5, 5.41) is 4.00. The molecule has 0 amide bonds. The van der Waals surface area contributed by atoms with Gasteiger partial charge in [-0.3, -0.25) is 10.3 Å². The summed E-state index contributed by atoms with van der Waals surface area (Å²) in [4.78, 5) is 15.8. The predicted octanol–water partition coefficient (Wildman–Crippen LogP) is 9.47. The summed E-state index contributed by atoms with van der Waals surface area (Å²) in [5.74, 6) is 3.87. The summed E-state index contributed by atoms with van der Waals surface area (Å²) in [6, 6.07) is 1.37. The Labute approximate surface area is 340 Å². The molecule has 0 saturated heterocycles. The van der Waals surface area contributed by atoms with E-state index >= 15 is 0 Å². The first-order chi connectivity index (χ1) is 27.0. The number of rotatable bonds is 9. The molecule has 1 saturated carbocycles. The zero-order valence-electron chi connectivity index (χ0n) is 36.0. The van der Waals surface area contributed by atoms with E-state index < -0.39 is 0 Å². The maximum absolute atomic E-state index is 5.33. The van der Waals surface area contributed by atoms with Crippen LogP contribution < -0.4 is 5.32 Å².